The van der Waals surface area contributed by atoms with Crippen LogP contribution in [0, 0.1) is 10.1 Å². The molecule has 0 aliphatic carbocycles. The summed E-state index contributed by atoms with van der Waals surface area (Å²) in [5.74, 6) is 0.412. The molecule has 0 bridgehead atoms. The van der Waals surface area contributed by atoms with Crippen LogP contribution >= 0.6 is 23.1 Å². The Morgan fingerprint density at radius 1 is 1.48 bits per heavy atom. The molecule has 0 saturated heterocycles. The molecule has 3 rings (SSSR count). The largest absolute Gasteiger partial charge is 0.467 e. The molecule has 0 spiro atoms. The lowest BCUT2D eigenvalue weighted by molar-refractivity contribution is -0.380. The van der Waals surface area contributed by atoms with Gasteiger partial charge in [-0.2, -0.15) is 0 Å². The molecule has 23 heavy (non-hydrogen) atoms. The normalized spacial score (nSPS) is 16.2. The standard InChI is InChI=1S/C14H11N3O4S2/c1-22-14-15-11(7-10-4-5-12(23-10)17(19)20)13(18)16(14)8-9-3-2-6-21-9/h2-7H,8H2,1H3/b11-7-. The first kappa shape index (κ1) is 15.5. The number of amidine groups is 1. The van der Waals surface area contributed by atoms with E-state index in [2.05, 4.69) is 4.99 Å². The van der Waals surface area contributed by atoms with Crippen molar-refractivity contribution in [3.05, 3.63) is 57.0 Å². The summed E-state index contributed by atoms with van der Waals surface area (Å²) in [6.45, 7) is 0.299. The average Bonchev–Trinajstić information content (AvgIpc) is 3.24. The molecule has 3 heterocycles. The lowest BCUT2D eigenvalue weighted by Crippen LogP contribution is -2.29. The monoisotopic (exact) mass is 349 g/mol. The van der Waals surface area contributed by atoms with Crippen LogP contribution in [-0.2, 0) is 11.3 Å². The lowest BCUT2D eigenvalue weighted by atomic mass is 10.3. The van der Waals surface area contributed by atoms with Crippen molar-refractivity contribution < 1.29 is 14.1 Å². The fourth-order valence-electron chi connectivity index (χ4n) is 2.04. The molecule has 1 amide bonds. The molecule has 0 fully saturated rings. The lowest BCUT2D eigenvalue weighted by Gasteiger charge is -2.14. The summed E-state index contributed by atoms with van der Waals surface area (Å²) in [6.07, 6.45) is 4.95. The van der Waals surface area contributed by atoms with Gasteiger partial charge in [0.2, 0.25) is 0 Å². The summed E-state index contributed by atoms with van der Waals surface area (Å²) >= 11 is 2.36. The second-order valence-corrected chi connectivity index (χ2v) is 6.40. The fourth-order valence-corrected chi connectivity index (χ4v) is 3.35. The summed E-state index contributed by atoms with van der Waals surface area (Å²) in [7, 11) is 0. The highest BCUT2D eigenvalue weighted by Crippen LogP contribution is 2.29. The van der Waals surface area contributed by atoms with Crippen LogP contribution in [0.4, 0.5) is 5.00 Å². The van der Waals surface area contributed by atoms with Crippen molar-refractivity contribution in [1.29, 1.82) is 0 Å². The van der Waals surface area contributed by atoms with E-state index in [1.807, 2.05) is 6.26 Å². The van der Waals surface area contributed by atoms with Crippen molar-refractivity contribution in [3.63, 3.8) is 0 Å². The quantitative estimate of drug-likeness (QED) is 0.480. The van der Waals surface area contributed by atoms with E-state index < -0.39 is 4.92 Å². The van der Waals surface area contributed by atoms with Crippen LogP contribution in [0.5, 0.6) is 0 Å². The first-order valence-corrected chi connectivity index (χ1v) is 8.55. The van der Waals surface area contributed by atoms with Gasteiger partial charge < -0.3 is 4.42 Å². The maximum Gasteiger partial charge on any atom is 0.324 e. The number of carbonyl (C=O) groups is 1. The van der Waals surface area contributed by atoms with E-state index in [4.69, 9.17) is 4.42 Å². The maximum absolute atomic E-state index is 12.5. The van der Waals surface area contributed by atoms with Crippen LogP contribution in [0.3, 0.4) is 0 Å². The molecule has 2 aromatic rings. The highest BCUT2D eigenvalue weighted by atomic mass is 32.2. The zero-order valence-corrected chi connectivity index (χ0v) is 13.6. The third kappa shape index (κ3) is 3.20. The average molecular weight is 349 g/mol. The predicted octanol–water partition coefficient (Wildman–Crippen LogP) is 3.35. The summed E-state index contributed by atoms with van der Waals surface area (Å²) in [5, 5.41) is 11.3. The number of nitrogens with zero attached hydrogens (tertiary/aromatic N) is 3. The van der Waals surface area contributed by atoms with Gasteiger partial charge in [-0.1, -0.05) is 23.1 Å². The van der Waals surface area contributed by atoms with Crippen LogP contribution in [-0.4, -0.2) is 27.2 Å². The first-order chi connectivity index (χ1) is 11.1. The third-order valence-corrected chi connectivity index (χ3v) is 4.72. The molecule has 0 aromatic carbocycles. The highest BCUT2D eigenvalue weighted by molar-refractivity contribution is 8.13. The number of rotatable bonds is 4. The van der Waals surface area contributed by atoms with Gasteiger partial charge in [-0.25, -0.2) is 4.99 Å². The Morgan fingerprint density at radius 3 is 2.91 bits per heavy atom. The molecule has 0 unspecified atom stereocenters. The molecule has 0 radical (unpaired) electrons. The molecule has 9 heteroatoms. The minimum absolute atomic E-state index is 0.0313. The molecule has 2 aromatic heterocycles. The SMILES string of the molecule is CSC1=N/C(=C\c2ccc([N+](=O)[O-])s2)C(=O)N1Cc1ccco1. The van der Waals surface area contributed by atoms with E-state index in [-0.39, 0.29) is 16.6 Å². The number of hydrogen-bond acceptors (Lipinski definition) is 7. The Morgan fingerprint density at radius 2 is 2.30 bits per heavy atom. The zero-order chi connectivity index (χ0) is 16.4. The molecule has 118 valence electrons. The molecule has 0 saturated carbocycles. The molecule has 1 aliphatic rings. The number of aliphatic imine (C=N–C) groups is 1. The van der Waals surface area contributed by atoms with Gasteiger partial charge in [-0.3, -0.25) is 19.8 Å². The van der Waals surface area contributed by atoms with Gasteiger partial charge in [-0.05, 0) is 30.5 Å². The Labute approximate surface area is 139 Å². The Bertz CT molecular complexity index is 808. The van der Waals surface area contributed by atoms with Crippen molar-refractivity contribution in [3.8, 4) is 0 Å². The second kappa shape index (κ2) is 6.39. The van der Waals surface area contributed by atoms with Gasteiger partial charge >= 0.3 is 5.00 Å². The number of furan rings is 1. The van der Waals surface area contributed by atoms with Crippen LogP contribution in [0.15, 0.2) is 45.6 Å². The number of nitro groups is 1. The minimum Gasteiger partial charge on any atom is -0.467 e. The van der Waals surface area contributed by atoms with Gasteiger partial charge in [0, 0.05) is 10.9 Å². The summed E-state index contributed by atoms with van der Waals surface area (Å²) in [6, 6.07) is 6.56. The number of carbonyl (C=O) groups excluding carboxylic acids is 1. The minimum atomic E-state index is -0.455. The third-order valence-electron chi connectivity index (χ3n) is 3.06. The maximum atomic E-state index is 12.5. The van der Waals surface area contributed by atoms with Crippen molar-refractivity contribution in [2.75, 3.05) is 6.26 Å². The van der Waals surface area contributed by atoms with Crippen LogP contribution in [0.2, 0.25) is 0 Å². The van der Waals surface area contributed by atoms with E-state index in [9.17, 15) is 14.9 Å². The van der Waals surface area contributed by atoms with Gasteiger partial charge in [0.05, 0.1) is 17.7 Å². The van der Waals surface area contributed by atoms with Gasteiger partial charge in [0.1, 0.15) is 11.5 Å². The molecule has 0 N–H and O–H groups in total. The van der Waals surface area contributed by atoms with Crippen LogP contribution in [0.1, 0.15) is 10.6 Å². The zero-order valence-electron chi connectivity index (χ0n) is 12.0. The summed E-state index contributed by atoms with van der Waals surface area (Å²) in [4.78, 5) is 29.2. The molecular formula is C14H11N3O4S2. The summed E-state index contributed by atoms with van der Waals surface area (Å²) in [5.41, 5.74) is 0.262. The van der Waals surface area contributed by atoms with Crippen molar-refractivity contribution in [2.24, 2.45) is 4.99 Å². The van der Waals surface area contributed by atoms with E-state index in [1.54, 1.807) is 30.5 Å². The van der Waals surface area contributed by atoms with E-state index in [0.717, 1.165) is 11.3 Å². The highest BCUT2D eigenvalue weighted by Gasteiger charge is 2.30. The molecule has 1 aliphatic heterocycles. The van der Waals surface area contributed by atoms with Crippen LogP contribution < -0.4 is 0 Å². The number of amides is 1. The Hall–Kier alpha value is -2.39. The van der Waals surface area contributed by atoms with Gasteiger partial charge in [0.25, 0.3) is 5.91 Å². The Balaban J connectivity index is 1.85. The van der Waals surface area contributed by atoms with Crippen LogP contribution in [0.25, 0.3) is 6.08 Å². The molecule has 0 atom stereocenters. The summed E-state index contributed by atoms with van der Waals surface area (Å²) < 4.78 is 5.27. The van der Waals surface area contributed by atoms with Crippen molar-refractivity contribution in [2.45, 2.75) is 6.54 Å². The first-order valence-electron chi connectivity index (χ1n) is 6.51. The number of thiophene rings is 1. The Kier molecular flexibility index (Phi) is 4.30. The van der Waals surface area contributed by atoms with E-state index >= 15 is 0 Å². The van der Waals surface area contributed by atoms with E-state index in [0.29, 0.717) is 22.3 Å². The number of thioether (sulfide) groups is 1. The molecule has 7 nitrogen and oxygen atoms in total. The van der Waals surface area contributed by atoms with Crippen molar-refractivity contribution in [1.82, 2.24) is 4.90 Å². The van der Waals surface area contributed by atoms with Gasteiger partial charge in [0.15, 0.2) is 5.17 Å². The topological polar surface area (TPSA) is 88.9 Å². The second-order valence-electron chi connectivity index (χ2n) is 4.53. The van der Waals surface area contributed by atoms with Gasteiger partial charge in [-0.15, -0.1) is 0 Å². The smallest absolute Gasteiger partial charge is 0.324 e. The predicted molar refractivity (Wildman–Crippen MR) is 89.2 cm³/mol. The van der Waals surface area contributed by atoms with Crippen molar-refractivity contribution >= 4 is 45.3 Å². The number of hydrogen-bond donors (Lipinski definition) is 0. The van der Waals surface area contributed by atoms with E-state index in [1.165, 1.54) is 22.7 Å². The fraction of sp³-hybridized carbons (Fsp3) is 0.143. The molecular weight excluding hydrogens is 338 g/mol.